The van der Waals surface area contributed by atoms with Crippen molar-refractivity contribution in [3.63, 3.8) is 0 Å². The molecule has 0 aromatic heterocycles. The molecule has 2 nitrogen and oxygen atoms in total. The van der Waals surface area contributed by atoms with Crippen LogP contribution < -0.4 is 0 Å². The largest absolute Gasteiger partial charge is 0.504 e. The topological polar surface area (TPSA) is 40.5 Å². The third-order valence-electron chi connectivity index (χ3n) is 1.86. The molecular formula is C10H13ClO2. The summed E-state index contributed by atoms with van der Waals surface area (Å²) >= 11 is 5.76. The molecular weight excluding hydrogens is 188 g/mol. The molecule has 2 N–H and O–H groups in total. The Morgan fingerprint density at radius 3 is 2.15 bits per heavy atom. The molecule has 3 heteroatoms. The van der Waals surface area contributed by atoms with Crippen molar-refractivity contribution in [3.05, 3.63) is 22.7 Å². The van der Waals surface area contributed by atoms with Gasteiger partial charge >= 0.3 is 0 Å². The normalized spacial score (nSPS) is 11.7. The van der Waals surface area contributed by atoms with Gasteiger partial charge in [-0.05, 0) is 11.5 Å². The van der Waals surface area contributed by atoms with Crippen LogP contribution in [0.25, 0.3) is 0 Å². The molecule has 72 valence electrons. The van der Waals surface area contributed by atoms with E-state index in [2.05, 4.69) is 0 Å². The van der Waals surface area contributed by atoms with Gasteiger partial charge in [0.2, 0.25) is 0 Å². The van der Waals surface area contributed by atoms with Gasteiger partial charge in [0.25, 0.3) is 0 Å². The maximum Gasteiger partial charge on any atom is 0.161 e. The van der Waals surface area contributed by atoms with Gasteiger partial charge < -0.3 is 10.2 Å². The molecule has 1 aromatic carbocycles. The molecule has 1 rings (SSSR count). The van der Waals surface area contributed by atoms with Gasteiger partial charge in [0.15, 0.2) is 11.5 Å². The second kappa shape index (κ2) is 3.11. The summed E-state index contributed by atoms with van der Waals surface area (Å²) in [5, 5.41) is 19.3. The summed E-state index contributed by atoms with van der Waals surface area (Å²) < 4.78 is 0. The van der Waals surface area contributed by atoms with E-state index in [1.165, 1.54) is 6.07 Å². The lowest BCUT2D eigenvalue weighted by atomic mass is 9.86. The molecule has 13 heavy (non-hydrogen) atoms. The van der Waals surface area contributed by atoms with Crippen molar-refractivity contribution in [2.45, 2.75) is 26.2 Å². The average Bonchev–Trinajstić information content (AvgIpc) is 1.94. The van der Waals surface area contributed by atoms with E-state index in [1.54, 1.807) is 6.07 Å². The summed E-state index contributed by atoms with van der Waals surface area (Å²) in [5.74, 6) is -0.255. The number of phenols is 2. The highest BCUT2D eigenvalue weighted by molar-refractivity contribution is 6.30. The van der Waals surface area contributed by atoms with Crippen molar-refractivity contribution in [3.8, 4) is 11.5 Å². The van der Waals surface area contributed by atoms with Crippen molar-refractivity contribution < 1.29 is 10.2 Å². The third-order valence-corrected chi connectivity index (χ3v) is 2.08. The molecule has 0 fully saturated rings. The van der Waals surface area contributed by atoms with E-state index < -0.39 is 0 Å². The van der Waals surface area contributed by atoms with Crippen LogP contribution in [0.15, 0.2) is 12.1 Å². The number of halogens is 1. The van der Waals surface area contributed by atoms with E-state index in [0.29, 0.717) is 10.6 Å². The molecule has 0 radical (unpaired) electrons. The maximum absolute atomic E-state index is 9.55. The molecule has 0 spiro atoms. The number of rotatable bonds is 0. The lowest BCUT2D eigenvalue weighted by Crippen LogP contribution is -2.11. The van der Waals surface area contributed by atoms with Gasteiger partial charge in [0, 0.05) is 16.7 Å². The minimum Gasteiger partial charge on any atom is -0.504 e. The number of benzene rings is 1. The Labute approximate surface area is 82.8 Å². The van der Waals surface area contributed by atoms with Crippen molar-refractivity contribution in [2.75, 3.05) is 0 Å². The summed E-state index contributed by atoms with van der Waals surface area (Å²) in [5.41, 5.74) is 0.421. The van der Waals surface area contributed by atoms with E-state index in [4.69, 9.17) is 11.6 Å². The van der Waals surface area contributed by atoms with Crippen LogP contribution in [0.4, 0.5) is 0 Å². The van der Waals surface area contributed by atoms with Gasteiger partial charge in [-0.15, -0.1) is 0 Å². The molecule has 0 heterocycles. The minimum absolute atomic E-state index is 0.0862. The van der Waals surface area contributed by atoms with Gasteiger partial charge in [-0.3, -0.25) is 0 Å². The molecule has 0 aliphatic heterocycles. The zero-order valence-corrected chi connectivity index (χ0v) is 8.68. The molecule has 0 atom stereocenters. The number of phenolic OH excluding ortho intramolecular Hbond substituents is 2. The Bertz CT molecular complexity index is 326. The van der Waals surface area contributed by atoms with Crippen molar-refractivity contribution >= 4 is 11.6 Å². The maximum atomic E-state index is 9.55. The lowest BCUT2D eigenvalue weighted by Gasteiger charge is -2.20. The lowest BCUT2D eigenvalue weighted by molar-refractivity contribution is 0.389. The number of hydrogen-bond acceptors (Lipinski definition) is 2. The predicted octanol–water partition coefficient (Wildman–Crippen LogP) is 3.05. The molecule has 0 saturated carbocycles. The molecule has 1 aromatic rings. The van der Waals surface area contributed by atoms with Crippen molar-refractivity contribution in [1.29, 1.82) is 0 Å². The van der Waals surface area contributed by atoms with Crippen molar-refractivity contribution in [2.24, 2.45) is 0 Å². The Hall–Kier alpha value is -0.890. The second-order valence-electron chi connectivity index (χ2n) is 4.07. The fourth-order valence-electron chi connectivity index (χ4n) is 1.16. The standard InChI is InChI=1S/C10H13ClO2/c1-10(2,3)7-4-6(11)5-8(12)9(7)13/h4-5,12-13H,1-3H3. The van der Waals surface area contributed by atoms with Gasteiger partial charge in [0.05, 0.1) is 0 Å². The highest BCUT2D eigenvalue weighted by Crippen LogP contribution is 2.39. The van der Waals surface area contributed by atoms with Gasteiger partial charge in [-0.1, -0.05) is 32.4 Å². The van der Waals surface area contributed by atoms with Crippen LogP contribution in [0.1, 0.15) is 26.3 Å². The Morgan fingerprint density at radius 2 is 1.69 bits per heavy atom. The van der Waals surface area contributed by atoms with Crippen LogP contribution in [-0.2, 0) is 5.41 Å². The molecule has 0 saturated heterocycles. The van der Waals surface area contributed by atoms with Crippen LogP contribution in [0, 0.1) is 0 Å². The predicted molar refractivity (Wildman–Crippen MR) is 53.5 cm³/mol. The van der Waals surface area contributed by atoms with E-state index in [0.717, 1.165) is 0 Å². The average molecular weight is 201 g/mol. The monoisotopic (exact) mass is 200 g/mol. The smallest absolute Gasteiger partial charge is 0.161 e. The van der Waals surface area contributed by atoms with E-state index in [-0.39, 0.29) is 16.9 Å². The van der Waals surface area contributed by atoms with Crippen LogP contribution >= 0.6 is 11.6 Å². The zero-order valence-electron chi connectivity index (χ0n) is 7.93. The number of aromatic hydroxyl groups is 2. The highest BCUT2D eigenvalue weighted by Gasteiger charge is 2.20. The number of hydrogen-bond donors (Lipinski definition) is 2. The van der Waals surface area contributed by atoms with Crippen LogP contribution in [0.2, 0.25) is 5.02 Å². The summed E-state index contributed by atoms with van der Waals surface area (Å²) in [7, 11) is 0. The first-order chi connectivity index (χ1) is 5.82. The Morgan fingerprint density at radius 1 is 1.15 bits per heavy atom. The van der Waals surface area contributed by atoms with Gasteiger partial charge in [0.1, 0.15) is 0 Å². The van der Waals surface area contributed by atoms with Crippen LogP contribution in [0.3, 0.4) is 0 Å². The summed E-state index contributed by atoms with van der Waals surface area (Å²) in [6.45, 7) is 5.83. The van der Waals surface area contributed by atoms with Crippen LogP contribution in [-0.4, -0.2) is 10.2 Å². The molecule has 0 unspecified atom stereocenters. The Balaban J connectivity index is 3.37. The minimum atomic E-state index is -0.230. The second-order valence-corrected chi connectivity index (χ2v) is 4.51. The van der Waals surface area contributed by atoms with E-state index in [9.17, 15) is 10.2 Å². The SMILES string of the molecule is CC(C)(C)c1cc(Cl)cc(O)c1O. The molecule has 0 aliphatic carbocycles. The quantitative estimate of drug-likeness (QED) is 0.632. The third kappa shape index (κ3) is 2.07. The van der Waals surface area contributed by atoms with Gasteiger partial charge in [-0.2, -0.15) is 0 Å². The van der Waals surface area contributed by atoms with E-state index in [1.807, 2.05) is 20.8 Å². The first-order valence-corrected chi connectivity index (χ1v) is 4.42. The molecule has 0 aliphatic rings. The van der Waals surface area contributed by atoms with Crippen LogP contribution in [0.5, 0.6) is 11.5 Å². The highest BCUT2D eigenvalue weighted by atomic mass is 35.5. The fourth-order valence-corrected chi connectivity index (χ4v) is 1.37. The van der Waals surface area contributed by atoms with E-state index >= 15 is 0 Å². The van der Waals surface area contributed by atoms with Crippen molar-refractivity contribution in [1.82, 2.24) is 0 Å². The summed E-state index contributed by atoms with van der Waals surface area (Å²) in [6.07, 6.45) is 0. The summed E-state index contributed by atoms with van der Waals surface area (Å²) in [6, 6.07) is 2.99. The van der Waals surface area contributed by atoms with Gasteiger partial charge in [-0.25, -0.2) is 0 Å². The molecule has 0 amide bonds. The zero-order chi connectivity index (χ0) is 10.2. The fraction of sp³-hybridized carbons (Fsp3) is 0.400. The first kappa shape index (κ1) is 10.2. The Kier molecular flexibility index (Phi) is 2.44. The first-order valence-electron chi connectivity index (χ1n) is 4.04. The summed E-state index contributed by atoms with van der Waals surface area (Å²) in [4.78, 5) is 0. The molecule has 0 bridgehead atoms.